The Morgan fingerprint density at radius 3 is 2.11 bits per heavy atom. The molecule has 0 saturated carbocycles. The molecule has 0 amide bonds. The Bertz CT molecular complexity index is 903. The summed E-state index contributed by atoms with van der Waals surface area (Å²) in [6.45, 7) is 1.27. The lowest BCUT2D eigenvalue weighted by Crippen LogP contribution is -2.24. The Morgan fingerprint density at radius 2 is 1.63 bits per heavy atom. The molecule has 27 heavy (non-hydrogen) atoms. The quantitative estimate of drug-likeness (QED) is 0.579. The van der Waals surface area contributed by atoms with E-state index in [1.54, 1.807) is 19.1 Å². The van der Waals surface area contributed by atoms with E-state index in [9.17, 15) is 13.5 Å². The Labute approximate surface area is 158 Å². The zero-order valence-corrected chi connectivity index (χ0v) is 16.5. The summed E-state index contributed by atoms with van der Waals surface area (Å²) in [5.74, 6) is 1.38. The molecule has 0 fully saturated rings. The summed E-state index contributed by atoms with van der Waals surface area (Å²) in [6, 6.07) is 6.10. The summed E-state index contributed by atoms with van der Waals surface area (Å²) in [6.07, 6.45) is 0. The van der Waals surface area contributed by atoms with Crippen LogP contribution in [0, 0.1) is 6.92 Å². The van der Waals surface area contributed by atoms with Gasteiger partial charge >= 0.3 is 0 Å². The number of nitrogen functional groups attached to an aromatic ring is 1. The van der Waals surface area contributed by atoms with Gasteiger partial charge in [-0.3, -0.25) is 0 Å². The van der Waals surface area contributed by atoms with E-state index in [0.29, 0.717) is 39.6 Å². The lowest BCUT2D eigenvalue weighted by atomic mass is 10.1. The first kappa shape index (κ1) is 20.8. The van der Waals surface area contributed by atoms with Gasteiger partial charge in [0.25, 0.3) is 0 Å². The van der Waals surface area contributed by atoms with Crippen molar-refractivity contribution in [1.82, 2.24) is 4.72 Å². The first-order chi connectivity index (χ1) is 12.8. The van der Waals surface area contributed by atoms with Gasteiger partial charge in [-0.1, -0.05) is 0 Å². The van der Waals surface area contributed by atoms with Crippen LogP contribution in [0.4, 0.5) is 5.69 Å². The van der Waals surface area contributed by atoms with Crippen LogP contribution in [0.5, 0.6) is 17.2 Å². The van der Waals surface area contributed by atoms with Crippen molar-refractivity contribution in [2.75, 3.05) is 27.1 Å². The summed E-state index contributed by atoms with van der Waals surface area (Å²) >= 11 is 0. The van der Waals surface area contributed by atoms with Gasteiger partial charge in [0, 0.05) is 29.9 Å². The van der Waals surface area contributed by atoms with Crippen LogP contribution in [-0.4, -0.2) is 34.9 Å². The molecule has 9 heteroatoms. The monoisotopic (exact) mass is 396 g/mol. The third-order valence-electron chi connectivity index (χ3n) is 4.18. The molecule has 8 nitrogen and oxygen atoms in total. The van der Waals surface area contributed by atoms with Gasteiger partial charge in [-0.05, 0) is 24.6 Å². The van der Waals surface area contributed by atoms with Gasteiger partial charge in [-0.15, -0.1) is 0 Å². The summed E-state index contributed by atoms with van der Waals surface area (Å²) < 4.78 is 43.8. The topological polar surface area (TPSA) is 120 Å². The molecule has 4 N–H and O–H groups in total. The fourth-order valence-corrected chi connectivity index (χ4v) is 3.75. The number of hydrogen-bond acceptors (Lipinski definition) is 7. The van der Waals surface area contributed by atoms with E-state index in [0.717, 1.165) is 0 Å². The number of anilines is 1. The maximum absolute atomic E-state index is 12.7. The SMILES string of the molecule is COc1cc(OC)c(CNS(=O)(=O)c2cc(C)c(N)c(CO)c2)c(OC)c1. The summed E-state index contributed by atoms with van der Waals surface area (Å²) in [4.78, 5) is 0.0182. The van der Waals surface area contributed by atoms with E-state index in [1.165, 1.54) is 33.5 Å². The largest absolute Gasteiger partial charge is 0.496 e. The molecule has 0 aromatic heterocycles. The van der Waals surface area contributed by atoms with E-state index < -0.39 is 10.0 Å². The number of rotatable bonds is 8. The summed E-state index contributed by atoms with van der Waals surface area (Å²) in [5, 5.41) is 9.39. The zero-order chi connectivity index (χ0) is 20.2. The highest BCUT2D eigenvalue weighted by Gasteiger charge is 2.20. The number of aliphatic hydroxyl groups excluding tert-OH is 1. The van der Waals surface area contributed by atoms with Crippen molar-refractivity contribution in [2.45, 2.75) is 25.0 Å². The van der Waals surface area contributed by atoms with Gasteiger partial charge in [0.05, 0.1) is 38.4 Å². The van der Waals surface area contributed by atoms with Gasteiger partial charge in [0.15, 0.2) is 0 Å². The van der Waals surface area contributed by atoms with Crippen LogP contribution in [0.2, 0.25) is 0 Å². The molecular weight excluding hydrogens is 372 g/mol. The average molecular weight is 396 g/mol. The summed E-state index contributed by atoms with van der Waals surface area (Å²) in [5.41, 5.74) is 7.68. The Kier molecular flexibility index (Phi) is 6.53. The average Bonchev–Trinajstić information content (AvgIpc) is 2.67. The number of ether oxygens (including phenoxy) is 3. The van der Waals surface area contributed by atoms with Gasteiger partial charge in [-0.2, -0.15) is 0 Å². The lowest BCUT2D eigenvalue weighted by molar-refractivity contribution is 0.282. The molecule has 0 aliphatic carbocycles. The van der Waals surface area contributed by atoms with E-state index in [1.807, 2.05) is 0 Å². The molecular formula is C18H24N2O6S. The van der Waals surface area contributed by atoms with Crippen LogP contribution >= 0.6 is 0 Å². The van der Waals surface area contributed by atoms with Crippen molar-refractivity contribution in [3.63, 3.8) is 0 Å². The third-order valence-corrected chi connectivity index (χ3v) is 5.56. The van der Waals surface area contributed by atoms with Crippen molar-refractivity contribution in [3.8, 4) is 17.2 Å². The second kappa shape index (κ2) is 8.47. The highest BCUT2D eigenvalue weighted by atomic mass is 32.2. The number of aliphatic hydroxyl groups is 1. The Morgan fingerprint density at radius 1 is 1.04 bits per heavy atom. The maximum Gasteiger partial charge on any atom is 0.240 e. The molecule has 0 unspecified atom stereocenters. The van der Waals surface area contributed by atoms with Crippen molar-refractivity contribution >= 4 is 15.7 Å². The Balaban J connectivity index is 2.37. The maximum atomic E-state index is 12.7. The van der Waals surface area contributed by atoms with E-state index in [-0.39, 0.29) is 18.0 Å². The fraction of sp³-hybridized carbons (Fsp3) is 0.333. The number of hydrogen-bond donors (Lipinski definition) is 3. The minimum atomic E-state index is -3.85. The van der Waals surface area contributed by atoms with Crippen LogP contribution in [0.25, 0.3) is 0 Å². The minimum Gasteiger partial charge on any atom is -0.496 e. The molecule has 0 spiro atoms. The standard InChI is InChI=1S/C18H24N2O6S/c1-11-5-14(6-12(10-21)18(11)19)27(22,23)20-9-15-16(25-3)7-13(24-2)8-17(15)26-4/h5-8,20-21H,9-10,19H2,1-4H3. The minimum absolute atomic E-state index is 0.0182. The van der Waals surface area contributed by atoms with E-state index in [2.05, 4.69) is 4.72 Å². The highest BCUT2D eigenvalue weighted by molar-refractivity contribution is 7.89. The predicted molar refractivity (Wildman–Crippen MR) is 102 cm³/mol. The predicted octanol–water partition coefficient (Wildman–Crippen LogP) is 1.57. The number of aryl methyl sites for hydroxylation is 1. The lowest BCUT2D eigenvalue weighted by Gasteiger charge is -2.16. The van der Waals surface area contributed by atoms with Crippen molar-refractivity contribution in [3.05, 3.63) is 41.0 Å². The molecule has 2 aromatic rings. The van der Waals surface area contributed by atoms with Crippen molar-refractivity contribution < 1.29 is 27.7 Å². The molecule has 0 atom stereocenters. The molecule has 0 saturated heterocycles. The number of sulfonamides is 1. The Hall–Kier alpha value is -2.49. The molecule has 0 radical (unpaired) electrons. The number of nitrogens with one attached hydrogen (secondary N) is 1. The van der Waals surface area contributed by atoms with Crippen molar-refractivity contribution in [1.29, 1.82) is 0 Å². The summed E-state index contributed by atoms with van der Waals surface area (Å²) in [7, 11) is 0.608. The molecule has 0 aliphatic heterocycles. The van der Waals surface area contributed by atoms with Gasteiger partial charge < -0.3 is 25.1 Å². The third kappa shape index (κ3) is 4.44. The molecule has 2 aromatic carbocycles. The van der Waals surface area contributed by atoms with Gasteiger partial charge in [0.2, 0.25) is 10.0 Å². The molecule has 0 heterocycles. The normalized spacial score (nSPS) is 11.3. The zero-order valence-electron chi connectivity index (χ0n) is 15.7. The van der Waals surface area contributed by atoms with Gasteiger partial charge in [-0.25, -0.2) is 13.1 Å². The van der Waals surface area contributed by atoms with Crippen molar-refractivity contribution in [2.24, 2.45) is 0 Å². The van der Waals surface area contributed by atoms with Gasteiger partial charge in [0.1, 0.15) is 17.2 Å². The van der Waals surface area contributed by atoms with E-state index in [4.69, 9.17) is 19.9 Å². The number of methoxy groups -OCH3 is 3. The highest BCUT2D eigenvalue weighted by Crippen LogP contribution is 2.34. The first-order valence-corrected chi connectivity index (χ1v) is 9.54. The van der Waals surface area contributed by atoms with Crippen LogP contribution in [-0.2, 0) is 23.2 Å². The molecule has 148 valence electrons. The second-order valence-corrected chi connectivity index (χ2v) is 7.57. The van der Waals surface area contributed by atoms with Crippen LogP contribution < -0.4 is 24.7 Å². The van der Waals surface area contributed by atoms with E-state index >= 15 is 0 Å². The number of nitrogens with two attached hydrogens (primary N) is 1. The fourth-order valence-electron chi connectivity index (χ4n) is 2.62. The number of benzene rings is 2. The smallest absolute Gasteiger partial charge is 0.240 e. The first-order valence-electron chi connectivity index (χ1n) is 8.05. The van der Waals surface area contributed by atoms with Crippen LogP contribution in [0.15, 0.2) is 29.2 Å². The second-order valence-electron chi connectivity index (χ2n) is 5.81. The molecule has 0 bridgehead atoms. The van der Waals surface area contributed by atoms with Crippen LogP contribution in [0.3, 0.4) is 0 Å². The molecule has 2 rings (SSSR count). The van der Waals surface area contributed by atoms with Crippen LogP contribution in [0.1, 0.15) is 16.7 Å². The molecule has 0 aliphatic rings.